The van der Waals surface area contributed by atoms with Gasteiger partial charge in [0.2, 0.25) is 0 Å². The van der Waals surface area contributed by atoms with E-state index in [9.17, 15) is 9.18 Å². The highest BCUT2D eigenvalue weighted by atomic mass is 79.9. The monoisotopic (exact) mass is 315 g/mol. The molecule has 0 aliphatic rings. The zero-order valence-electron chi connectivity index (χ0n) is 11.0. The number of hydrogen-bond acceptors (Lipinski definition) is 1. The molecule has 2 nitrogen and oxygen atoms in total. The van der Waals surface area contributed by atoms with Crippen molar-refractivity contribution in [2.24, 2.45) is 5.92 Å². The van der Waals surface area contributed by atoms with E-state index >= 15 is 0 Å². The van der Waals surface area contributed by atoms with Crippen LogP contribution in [0.5, 0.6) is 0 Å². The summed E-state index contributed by atoms with van der Waals surface area (Å²) in [5.41, 5.74) is 0.597. The number of rotatable bonds is 5. The quantitative estimate of drug-likeness (QED) is 0.825. The van der Waals surface area contributed by atoms with Crippen LogP contribution in [0.2, 0.25) is 0 Å². The summed E-state index contributed by atoms with van der Waals surface area (Å²) in [7, 11) is 0. The lowest BCUT2D eigenvalue weighted by atomic mass is 10.1. The number of carbonyl (C=O) groups excluding carboxylic acids is 1. The topological polar surface area (TPSA) is 29.1 Å². The van der Waals surface area contributed by atoms with Crippen molar-refractivity contribution < 1.29 is 9.18 Å². The fourth-order valence-corrected chi connectivity index (χ4v) is 2.63. The minimum Gasteiger partial charge on any atom is -0.351 e. The number of carbonyl (C=O) groups is 1. The standard InChI is InChI=1S/C14H19BrFNO/c1-9(2)7-11(15)8-17-14(18)12-6-4-5-10(3)13(12)16/h4-6,9,11H,7-8H2,1-3H3,(H,17,18). The van der Waals surface area contributed by atoms with Crippen LogP contribution >= 0.6 is 15.9 Å². The van der Waals surface area contributed by atoms with Crippen molar-refractivity contribution in [2.75, 3.05) is 6.54 Å². The van der Waals surface area contributed by atoms with Crippen molar-refractivity contribution >= 4 is 21.8 Å². The first-order valence-corrected chi connectivity index (χ1v) is 7.00. The largest absolute Gasteiger partial charge is 0.351 e. The Morgan fingerprint density at radius 2 is 2.11 bits per heavy atom. The maximum Gasteiger partial charge on any atom is 0.254 e. The van der Waals surface area contributed by atoms with Gasteiger partial charge in [-0.15, -0.1) is 0 Å². The van der Waals surface area contributed by atoms with Crippen molar-refractivity contribution in [2.45, 2.75) is 32.0 Å². The normalized spacial score (nSPS) is 12.6. The van der Waals surface area contributed by atoms with Gasteiger partial charge in [-0.2, -0.15) is 0 Å². The Morgan fingerprint density at radius 3 is 2.72 bits per heavy atom. The first-order chi connectivity index (χ1) is 8.41. The first kappa shape index (κ1) is 15.2. The van der Waals surface area contributed by atoms with Gasteiger partial charge in [-0.3, -0.25) is 4.79 Å². The average molecular weight is 316 g/mol. The summed E-state index contributed by atoms with van der Waals surface area (Å²) in [4.78, 5) is 12.1. The molecule has 100 valence electrons. The maximum absolute atomic E-state index is 13.7. The summed E-state index contributed by atoms with van der Waals surface area (Å²) < 4.78 is 13.7. The fourth-order valence-electron chi connectivity index (χ4n) is 1.72. The van der Waals surface area contributed by atoms with Gasteiger partial charge in [-0.25, -0.2) is 4.39 Å². The molecule has 1 rings (SSSR count). The predicted molar refractivity (Wildman–Crippen MR) is 75.6 cm³/mol. The third-order valence-electron chi connectivity index (χ3n) is 2.65. The lowest BCUT2D eigenvalue weighted by molar-refractivity contribution is 0.0949. The Labute approximate surface area is 116 Å². The minimum absolute atomic E-state index is 0.110. The van der Waals surface area contributed by atoms with Crippen LogP contribution in [-0.4, -0.2) is 17.3 Å². The van der Waals surface area contributed by atoms with E-state index in [4.69, 9.17) is 0 Å². The molecule has 1 amide bonds. The van der Waals surface area contributed by atoms with Crippen LogP contribution in [0, 0.1) is 18.7 Å². The Bertz CT molecular complexity index is 420. The van der Waals surface area contributed by atoms with Gasteiger partial charge < -0.3 is 5.32 Å². The molecule has 18 heavy (non-hydrogen) atoms. The SMILES string of the molecule is Cc1cccc(C(=O)NCC(Br)CC(C)C)c1F. The molecule has 0 heterocycles. The van der Waals surface area contributed by atoms with Crippen molar-refractivity contribution in [1.82, 2.24) is 5.32 Å². The van der Waals surface area contributed by atoms with Crippen molar-refractivity contribution in [1.29, 1.82) is 0 Å². The molecule has 0 aromatic heterocycles. The van der Waals surface area contributed by atoms with Crippen molar-refractivity contribution in [3.8, 4) is 0 Å². The van der Waals surface area contributed by atoms with Crippen LogP contribution in [-0.2, 0) is 0 Å². The number of alkyl halides is 1. The number of amides is 1. The Kier molecular flexibility index (Phi) is 5.79. The summed E-state index contributed by atoms with van der Waals surface area (Å²) in [6.45, 7) is 6.40. The van der Waals surface area contributed by atoms with Gasteiger partial charge >= 0.3 is 0 Å². The second kappa shape index (κ2) is 6.88. The number of nitrogens with one attached hydrogen (secondary N) is 1. The molecule has 1 atom stereocenters. The zero-order valence-corrected chi connectivity index (χ0v) is 12.6. The maximum atomic E-state index is 13.7. The molecule has 1 aromatic rings. The van der Waals surface area contributed by atoms with E-state index in [1.807, 2.05) is 0 Å². The molecule has 0 fully saturated rings. The van der Waals surface area contributed by atoms with Crippen LogP contribution in [0.3, 0.4) is 0 Å². The van der Waals surface area contributed by atoms with Crippen LogP contribution in [0.15, 0.2) is 18.2 Å². The highest BCUT2D eigenvalue weighted by Crippen LogP contribution is 2.14. The second-order valence-corrected chi connectivity index (χ2v) is 6.17. The van der Waals surface area contributed by atoms with Gasteiger partial charge in [-0.1, -0.05) is 41.9 Å². The number of halogens is 2. The summed E-state index contributed by atoms with van der Waals surface area (Å²) in [6.07, 6.45) is 0.969. The van der Waals surface area contributed by atoms with E-state index in [-0.39, 0.29) is 16.3 Å². The van der Waals surface area contributed by atoms with Crippen LogP contribution < -0.4 is 5.32 Å². The third-order valence-corrected chi connectivity index (χ3v) is 3.35. The summed E-state index contributed by atoms with van der Waals surface area (Å²) in [5.74, 6) is -0.239. The number of benzene rings is 1. The molecule has 4 heteroatoms. The number of hydrogen-bond donors (Lipinski definition) is 1. The molecule has 0 saturated carbocycles. The summed E-state index contributed by atoms with van der Waals surface area (Å²) in [5, 5.41) is 2.75. The van der Waals surface area contributed by atoms with Gasteiger partial charge in [0, 0.05) is 11.4 Å². The average Bonchev–Trinajstić information content (AvgIpc) is 2.29. The fraction of sp³-hybridized carbons (Fsp3) is 0.500. The van der Waals surface area contributed by atoms with Gasteiger partial charge in [0.15, 0.2) is 0 Å². The molecule has 0 spiro atoms. The Hall–Kier alpha value is -0.900. The minimum atomic E-state index is -0.440. The van der Waals surface area contributed by atoms with E-state index < -0.39 is 5.82 Å². The second-order valence-electron chi connectivity index (χ2n) is 4.87. The molecule has 1 N–H and O–H groups in total. The van der Waals surface area contributed by atoms with Crippen molar-refractivity contribution in [3.05, 3.63) is 35.1 Å². The van der Waals surface area contributed by atoms with Crippen molar-refractivity contribution in [3.63, 3.8) is 0 Å². The van der Waals surface area contributed by atoms with E-state index in [0.717, 1.165) is 6.42 Å². The number of aryl methyl sites for hydroxylation is 1. The molecule has 1 unspecified atom stereocenters. The van der Waals surface area contributed by atoms with Gasteiger partial charge in [-0.05, 0) is 30.9 Å². The summed E-state index contributed by atoms with van der Waals surface area (Å²) in [6, 6.07) is 4.84. The van der Waals surface area contributed by atoms with E-state index in [0.29, 0.717) is 18.0 Å². The highest BCUT2D eigenvalue weighted by Gasteiger charge is 2.14. The third kappa shape index (κ3) is 4.41. The molecule has 0 aliphatic heterocycles. The van der Waals surface area contributed by atoms with Gasteiger partial charge in [0.25, 0.3) is 5.91 Å². The zero-order chi connectivity index (χ0) is 13.7. The molecular weight excluding hydrogens is 297 g/mol. The lowest BCUT2D eigenvalue weighted by Gasteiger charge is -2.13. The Morgan fingerprint density at radius 1 is 1.44 bits per heavy atom. The molecule has 0 aliphatic carbocycles. The van der Waals surface area contributed by atoms with Crippen LogP contribution in [0.1, 0.15) is 36.2 Å². The molecule has 1 aromatic carbocycles. The first-order valence-electron chi connectivity index (χ1n) is 6.09. The van der Waals surface area contributed by atoms with Gasteiger partial charge in [0.1, 0.15) is 5.82 Å². The van der Waals surface area contributed by atoms with E-state index in [1.54, 1.807) is 19.1 Å². The van der Waals surface area contributed by atoms with Gasteiger partial charge in [0.05, 0.1) is 5.56 Å². The van der Waals surface area contributed by atoms with Crippen LogP contribution in [0.25, 0.3) is 0 Å². The smallest absolute Gasteiger partial charge is 0.254 e. The summed E-state index contributed by atoms with van der Waals surface area (Å²) >= 11 is 3.50. The van der Waals surface area contributed by atoms with Crippen LogP contribution in [0.4, 0.5) is 4.39 Å². The Balaban J connectivity index is 2.58. The van der Waals surface area contributed by atoms with E-state index in [2.05, 4.69) is 35.1 Å². The molecule has 0 radical (unpaired) electrons. The molecular formula is C14H19BrFNO. The highest BCUT2D eigenvalue weighted by molar-refractivity contribution is 9.09. The molecule has 0 saturated heterocycles. The lowest BCUT2D eigenvalue weighted by Crippen LogP contribution is -2.30. The molecule has 0 bridgehead atoms. The van der Waals surface area contributed by atoms with E-state index in [1.165, 1.54) is 6.07 Å². The predicted octanol–water partition coefficient (Wildman–Crippen LogP) is 3.67.